The molecule has 1 aliphatic heterocycles. The lowest BCUT2D eigenvalue weighted by Crippen LogP contribution is -2.53. The highest BCUT2D eigenvalue weighted by atomic mass is 32.1. The van der Waals surface area contributed by atoms with Gasteiger partial charge in [0.05, 0.1) is 0 Å². The second-order valence-electron chi connectivity index (χ2n) is 6.88. The number of hydrogen-bond acceptors (Lipinski definition) is 3. The Morgan fingerprint density at radius 3 is 2.57 bits per heavy atom. The van der Waals surface area contributed by atoms with Crippen molar-refractivity contribution in [2.75, 3.05) is 6.54 Å². The Bertz CT molecular complexity index is 1210. The minimum Gasteiger partial charge on any atom is -0.342 e. The number of hydrogen-bond donors (Lipinski definition) is 1. The molecule has 0 bridgehead atoms. The normalized spacial score (nSPS) is 15.7. The van der Waals surface area contributed by atoms with E-state index in [0.717, 1.165) is 22.0 Å². The van der Waals surface area contributed by atoms with Crippen LogP contribution in [0.2, 0.25) is 0 Å². The fourth-order valence-electron chi connectivity index (χ4n) is 3.45. The first-order valence-electron chi connectivity index (χ1n) is 9.30. The number of nitrogens with zero attached hydrogens (tertiary/aromatic N) is 2. The van der Waals surface area contributed by atoms with Gasteiger partial charge in [-0.25, -0.2) is 4.39 Å². The molecule has 0 atom stereocenters. The van der Waals surface area contributed by atoms with Crippen LogP contribution in [0.1, 0.15) is 11.1 Å². The SMILES string of the molecule is C=CCN1C(=O)/C(=C/c2cn(Cc3ccc(F)cc3)c3ccccc23)C(=O)NC1=S. The van der Waals surface area contributed by atoms with E-state index in [9.17, 15) is 14.0 Å². The fourth-order valence-corrected chi connectivity index (χ4v) is 3.70. The molecule has 30 heavy (non-hydrogen) atoms. The Balaban J connectivity index is 1.76. The Morgan fingerprint density at radius 2 is 1.83 bits per heavy atom. The second kappa shape index (κ2) is 8.04. The van der Waals surface area contributed by atoms with Crippen LogP contribution in [0.25, 0.3) is 17.0 Å². The molecule has 1 saturated heterocycles. The number of aromatic nitrogens is 1. The first kappa shape index (κ1) is 19.7. The van der Waals surface area contributed by atoms with Crippen LogP contribution in [0.3, 0.4) is 0 Å². The van der Waals surface area contributed by atoms with Gasteiger partial charge < -0.3 is 4.57 Å². The van der Waals surface area contributed by atoms with Crippen molar-refractivity contribution in [3.05, 3.63) is 89.9 Å². The summed E-state index contributed by atoms with van der Waals surface area (Å²) >= 11 is 5.09. The summed E-state index contributed by atoms with van der Waals surface area (Å²) in [6.45, 7) is 4.36. The number of fused-ring (bicyclic) bond motifs is 1. The molecule has 0 spiro atoms. The number of carbonyl (C=O) groups excluding carboxylic acids is 2. The van der Waals surface area contributed by atoms with Gasteiger partial charge in [0.1, 0.15) is 11.4 Å². The lowest BCUT2D eigenvalue weighted by molar-refractivity contribution is -0.128. The highest BCUT2D eigenvalue weighted by molar-refractivity contribution is 7.80. The van der Waals surface area contributed by atoms with Crippen molar-refractivity contribution in [3.8, 4) is 0 Å². The molecule has 150 valence electrons. The average molecular weight is 419 g/mol. The van der Waals surface area contributed by atoms with E-state index in [4.69, 9.17) is 12.2 Å². The van der Waals surface area contributed by atoms with Gasteiger partial charge in [0, 0.05) is 35.8 Å². The van der Waals surface area contributed by atoms with Crippen molar-refractivity contribution in [1.29, 1.82) is 0 Å². The minimum atomic E-state index is -0.527. The molecular weight excluding hydrogens is 401 g/mol. The maximum absolute atomic E-state index is 13.2. The molecule has 0 saturated carbocycles. The van der Waals surface area contributed by atoms with Crippen molar-refractivity contribution in [3.63, 3.8) is 0 Å². The van der Waals surface area contributed by atoms with E-state index in [1.54, 1.807) is 24.3 Å². The molecule has 0 radical (unpaired) electrons. The fraction of sp³-hybridized carbons (Fsp3) is 0.0870. The molecule has 1 aromatic heterocycles. The van der Waals surface area contributed by atoms with Crippen LogP contribution in [-0.2, 0) is 16.1 Å². The van der Waals surface area contributed by atoms with Crippen LogP contribution in [0.4, 0.5) is 4.39 Å². The number of para-hydroxylation sites is 1. The summed E-state index contributed by atoms with van der Waals surface area (Å²) in [5.41, 5.74) is 2.62. The van der Waals surface area contributed by atoms with Gasteiger partial charge in [-0.1, -0.05) is 36.4 Å². The quantitative estimate of drug-likeness (QED) is 0.297. The Kier molecular flexibility index (Phi) is 5.29. The van der Waals surface area contributed by atoms with Gasteiger partial charge in [-0.2, -0.15) is 0 Å². The molecule has 0 aliphatic carbocycles. The molecule has 4 rings (SSSR count). The number of benzene rings is 2. The Labute approximate surface area is 178 Å². The van der Waals surface area contributed by atoms with Crippen molar-refractivity contribution < 1.29 is 14.0 Å². The van der Waals surface area contributed by atoms with E-state index >= 15 is 0 Å². The highest BCUT2D eigenvalue weighted by Crippen LogP contribution is 2.26. The van der Waals surface area contributed by atoms with E-state index in [0.29, 0.717) is 6.54 Å². The first-order chi connectivity index (χ1) is 14.5. The molecule has 1 fully saturated rings. The molecule has 0 unspecified atom stereocenters. The molecule has 1 aliphatic rings. The summed E-state index contributed by atoms with van der Waals surface area (Å²) in [5.74, 6) is -1.27. The van der Waals surface area contributed by atoms with Crippen LogP contribution < -0.4 is 5.32 Å². The summed E-state index contributed by atoms with van der Waals surface area (Å²) in [4.78, 5) is 26.6. The first-order valence-corrected chi connectivity index (χ1v) is 9.71. The third kappa shape index (κ3) is 3.67. The van der Waals surface area contributed by atoms with E-state index < -0.39 is 11.8 Å². The molecule has 2 aromatic carbocycles. The predicted molar refractivity (Wildman–Crippen MR) is 118 cm³/mol. The van der Waals surface area contributed by atoms with Crippen LogP contribution >= 0.6 is 12.2 Å². The lowest BCUT2D eigenvalue weighted by atomic mass is 10.1. The highest BCUT2D eigenvalue weighted by Gasteiger charge is 2.32. The van der Waals surface area contributed by atoms with E-state index in [2.05, 4.69) is 11.9 Å². The maximum Gasteiger partial charge on any atom is 0.265 e. The van der Waals surface area contributed by atoms with Crippen LogP contribution in [0.5, 0.6) is 0 Å². The second-order valence-corrected chi connectivity index (χ2v) is 7.26. The molecule has 7 heteroatoms. The van der Waals surface area contributed by atoms with Gasteiger partial charge >= 0.3 is 0 Å². The largest absolute Gasteiger partial charge is 0.342 e. The summed E-state index contributed by atoms with van der Waals surface area (Å²) < 4.78 is 15.2. The number of carbonyl (C=O) groups is 2. The number of halogens is 1. The van der Waals surface area contributed by atoms with Gasteiger partial charge in [-0.3, -0.25) is 19.8 Å². The third-order valence-electron chi connectivity index (χ3n) is 4.88. The summed E-state index contributed by atoms with van der Waals surface area (Å²) in [5, 5.41) is 3.52. The van der Waals surface area contributed by atoms with Crippen molar-refractivity contribution in [2.45, 2.75) is 6.54 Å². The standard InChI is InChI=1S/C23H18FN3O2S/c1-2-11-27-22(29)19(21(28)25-23(27)30)12-16-14-26(20-6-4-3-5-18(16)20)13-15-7-9-17(24)10-8-15/h2-10,12,14H,1,11,13H2,(H,25,28,30)/b19-12+. The van der Waals surface area contributed by atoms with Crippen molar-refractivity contribution in [1.82, 2.24) is 14.8 Å². The number of rotatable bonds is 5. The van der Waals surface area contributed by atoms with E-state index in [-0.39, 0.29) is 23.0 Å². The maximum atomic E-state index is 13.2. The molecule has 2 amide bonds. The monoisotopic (exact) mass is 419 g/mol. The summed E-state index contributed by atoms with van der Waals surface area (Å²) in [6, 6.07) is 14.0. The van der Waals surface area contributed by atoms with Gasteiger partial charge in [0.25, 0.3) is 11.8 Å². The molecule has 1 N–H and O–H groups in total. The van der Waals surface area contributed by atoms with Gasteiger partial charge in [0.2, 0.25) is 0 Å². The Hall–Kier alpha value is -3.58. The van der Waals surface area contributed by atoms with Crippen LogP contribution in [0, 0.1) is 5.82 Å². The van der Waals surface area contributed by atoms with Crippen LogP contribution in [-0.4, -0.2) is 32.9 Å². The number of amides is 2. The molecule has 3 aromatic rings. The minimum absolute atomic E-state index is 0.00938. The smallest absolute Gasteiger partial charge is 0.265 e. The van der Waals surface area contributed by atoms with Crippen LogP contribution in [0.15, 0.2) is 73.0 Å². The van der Waals surface area contributed by atoms with Gasteiger partial charge in [0.15, 0.2) is 5.11 Å². The molecule has 5 nitrogen and oxygen atoms in total. The number of nitrogens with one attached hydrogen (secondary N) is 1. The van der Waals surface area contributed by atoms with Gasteiger partial charge in [-0.15, -0.1) is 6.58 Å². The zero-order chi connectivity index (χ0) is 21.3. The number of thiocarbonyl (C=S) groups is 1. The topological polar surface area (TPSA) is 54.3 Å². The summed E-state index contributed by atoms with van der Waals surface area (Å²) in [6.07, 6.45) is 5.01. The Morgan fingerprint density at radius 1 is 1.10 bits per heavy atom. The predicted octanol–water partition coefficient (Wildman–Crippen LogP) is 3.64. The van der Waals surface area contributed by atoms with Crippen molar-refractivity contribution >= 4 is 46.1 Å². The average Bonchev–Trinajstić information content (AvgIpc) is 3.07. The van der Waals surface area contributed by atoms with Crippen molar-refractivity contribution in [2.24, 2.45) is 0 Å². The zero-order valence-electron chi connectivity index (χ0n) is 16.0. The molecule has 2 heterocycles. The van der Waals surface area contributed by atoms with Gasteiger partial charge in [-0.05, 0) is 42.1 Å². The zero-order valence-corrected chi connectivity index (χ0v) is 16.8. The molecular formula is C23H18FN3O2S. The third-order valence-corrected chi connectivity index (χ3v) is 5.21. The summed E-state index contributed by atoms with van der Waals surface area (Å²) in [7, 11) is 0. The van der Waals surface area contributed by atoms with E-state index in [1.165, 1.54) is 17.0 Å². The lowest BCUT2D eigenvalue weighted by Gasteiger charge is -2.27. The van der Waals surface area contributed by atoms with E-state index in [1.807, 2.05) is 35.0 Å².